The average molecular weight is 318 g/mol. The van der Waals surface area contributed by atoms with Gasteiger partial charge in [0.15, 0.2) is 5.82 Å². The number of piperidine rings is 1. The Morgan fingerprint density at radius 1 is 1.30 bits per heavy atom. The van der Waals surface area contributed by atoms with E-state index >= 15 is 0 Å². The third-order valence-corrected chi connectivity index (χ3v) is 5.47. The van der Waals surface area contributed by atoms with Crippen molar-refractivity contribution in [3.63, 3.8) is 0 Å². The molecule has 0 N–H and O–H groups in total. The van der Waals surface area contributed by atoms with Gasteiger partial charge >= 0.3 is 0 Å². The summed E-state index contributed by atoms with van der Waals surface area (Å²) in [7, 11) is 2.15. The molecule has 5 heteroatoms. The van der Waals surface area contributed by atoms with E-state index in [-0.39, 0.29) is 0 Å². The summed E-state index contributed by atoms with van der Waals surface area (Å²) in [5.74, 6) is 1.81. The summed E-state index contributed by atoms with van der Waals surface area (Å²) in [5, 5.41) is 8.23. The maximum Gasteiger partial charge on any atom is 0.151 e. The molecule has 2 unspecified atom stereocenters. The quantitative estimate of drug-likeness (QED) is 0.835. The van der Waals surface area contributed by atoms with Crippen molar-refractivity contribution in [1.82, 2.24) is 15.1 Å². The number of hydrogen-bond acceptors (Lipinski definition) is 5. The molecular formula is C18H30N4O. The van der Waals surface area contributed by atoms with Gasteiger partial charge in [-0.2, -0.15) is 5.10 Å². The van der Waals surface area contributed by atoms with Gasteiger partial charge in [-0.1, -0.05) is 6.92 Å². The summed E-state index contributed by atoms with van der Waals surface area (Å²) in [4.78, 5) is 4.95. The Hall–Kier alpha value is -1.20. The third-order valence-electron chi connectivity index (χ3n) is 5.47. The van der Waals surface area contributed by atoms with Gasteiger partial charge in [-0.15, -0.1) is 5.10 Å². The molecule has 23 heavy (non-hydrogen) atoms. The second-order valence-corrected chi connectivity index (χ2v) is 7.02. The van der Waals surface area contributed by atoms with Crippen molar-refractivity contribution in [3.8, 4) is 0 Å². The molecule has 1 aromatic heterocycles. The molecule has 1 aromatic rings. The normalized spacial score (nSPS) is 27.0. The van der Waals surface area contributed by atoms with Gasteiger partial charge in [-0.3, -0.25) is 0 Å². The van der Waals surface area contributed by atoms with Gasteiger partial charge < -0.3 is 14.5 Å². The molecule has 2 aliphatic heterocycles. The number of anilines is 1. The summed E-state index contributed by atoms with van der Waals surface area (Å²) in [6.45, 7) is 6.84. The first-order valence-corrected chi connectivity index (χ1v) is 9.10. The summed E-state index contributed by atoms with van der Waals surface area (Å²) >= 11 is 0. The highest BCUT2D eigenvalue weighted by Crippen LogP contribution is 2.25. The van der Waals surface area contributed by atoms with E-state index in [1.165, 1.54) is 45.3 Å². The zero-order valence-corrected chi connectivity index (χ0v) is 14.5. The molecule has 3 heterocycles. The van der Waals surface area contributed by atoms with E-state index in [0.29, 0.717) is 12.1 Å². The molecule has 0 bridgehead atoms. The highest BCUT2D eigenvalue weighted by atomic mass is 16.5. The lowest BCUT2D eigenvalue weighted by Gasteiger charge is -2.39. The van der Waals surface area contributed by atoms with E-state index in [0.717, 1.165) is 24.8 Å². The number of aromatic nitrogens is 2. The molecule has 0 radical (unpaired) electrons. The molecule has 0 amide bonds. The second kappa shape index (κ2) is 8.06. The maximum atomic E-state index is 5.81. The molecule has 3 rings (SSSR count). The minimum Gasteiger partial charge on any atom is -0.378 e. The Morgan fingerprint density at radius 3 is 2.83 bits per heavy atom. The highest BCUT2D eigenvalue weighted by molar-refractivity contribution is 5.36. The minimum absolute atomic E-state index is 0.495. The van der Waals surface area contributed by atoms with Crippen LogP contribution in [0, 0.1) is 5.92 Å². The number of hydrogen-bond donors (Lipinski definition) is 0. The van der Waals surface area contributed by atoms with E-state index in [1.54, 1.807) is 6.20 Å². The Morgan fingerprint density at radius 2 is 2.13 bits per heavy atom. The fourth-order valence-electron chi connectivity index (χ4n) is 3.93. The molecule has 0 aromatic carbocycles. The van der Waals surface area contributed by atoms with Crippen molar-refractivity contribution in [2.45, 2.75) is 51.2 Å². The number of ether oxygens (including phenoxy) is 1. The molecule has 0 spiro atoms. The van der Waals surface area contributed by atoms with Gasteiger partial charge in [-0.05, 0) is 50.2 Å². The Kier molecular flexibility index (Phi) is 5.84. The average Bonchev–Trinajstić information content (AvgIpc) is 2.63. The molecule has 2 aliphatic rings. The van der Waals surface area contributed by atoms with Crippen molar-refractivity contribution in [1.29, 1.82) is 0 Å². The van der Waals surface area contributed by atoms with Crippen LogP contribution >= 0.6 is 0 Å². The van der Waals surface area contributed by atoms with Crippen LogP contribution in [0.25, 0.3) is 0 Å². The van der Waals surface area contributed by atoms with Crippen LogP contribution in [-0.4, -0.2) is 60.5 Å². The topological polar surface area (TPSA) is 41.5 Å². The summed E-state index contributed by atoms with van der Waals surface area (Å²) in [6, 6.07) is 4.59. The van der Waals surface area contributed by atoms with Crippen molar-refractivity contribution < 1.29 is 4.74 Å². The van der Waals surface area contributed by atoms with E-state index in [2.05, 4.69) is 34.0 Å². The largest absolute Gasteiger partial charge is 0.378 e. The standard InChI is InChI=1S/C18H30N4O/c1-3-17-13-15(8-12-23-17)14-22-10-6-16(7-11-22)21(2)18-5-4-9-19-20-18/h4-5,9,15-17H,3,6-8,10-14H2,1-2H3. The molecule has 128 valence electrons. The lowest BCUT2D eigenvalue weighted by molar-refractivity contribution is -0.0190. The van der Waals surface area contributed by atoms with Crippen LogP contribution in [0.5, 0.6) is 0 Å². The minimum atomic E-state index is 0.495. The highest BCUT2D eigenvalue weighted by Gasteiger charge is 2.27. The van der Waals surface area contributed by atoms with Crippen molar-refractivity contribution >= 4 is 5.82 Å². The molecule has 2 saturated heterocycles. The zero-order chi connectivity index (χ0) is 16.1. The Bertz CT molecular complexity index is 461. The smallest absolute Gasteiger partial charge is 0.151 e. The van der Waals surface area contributed by atoms with Crippen LogP contribution in [0.4, 0.5) is 5.82 Å². The molecule has 0 saturated carbocycles. The van der Waals surface area contributed by atoms with E-state index in [9.17, 15) is 0 Å². The van der Waals surface area contributed by atoms with Crippen LogP contribution in [0.15, 0.2) is 18.3 Å². The predicted octanol–water partition coefficient (Wildman–Crippen LogP) is 2.58. The number of likely N-dealkylation sites (tertiary alicyclic amines) is 1. The molecule has 2 fully saturated rings. The summed E-state index contributed by atoms with van der Waals surface area (Å²) in [6.07, 6.45) is 8.29. The zero-order valence-electron chi connectivity index (χ0n) is 14.5. The molecule has 0 aliphatic carbocycles. The van der Waals surface area contributed by atoms with Crippen molar-refractivity contribution in [2.75, 3.05) is 38.2 Å². The molecule has 2 atom stereocenters. The van der Waals surface area contributed by atoms with Gasteiger partial charge in [0.2, 0.25) is 0 Å². The van der Waals surface area contributed by atoms with Crippen LogP contribution in [0.1, 0.15) is 39.0 Å². The Labute approximate surface area is 140 Å². The van der Waals surface area contributed by atoms with Gasteiger partial charge in [0.25, 0.3) is 0 Å². The van der Waals surface area contributed by atoms with Crippen LogP contribution in [0.3, 0.4) is 0 Å². The fraction of sp³-hybridized carbons (Fsp3) is 0.778. The fourth-order valence-corrected chi connectivity index (χ4v) is 3.93. The van der Waals surface area contributed by atoms with Gasteiger partial charge in [0.05, 0.1) is 6.10 Å². The third kappa shape index (κ3) is 4.42. The lowest BCUT2D eigenvalue weighted by Crippen LogP contribution is -2.45. The first-order valence-electron chi connectivity index (χ1n) is 9.10. The second-order valence-electron chi connectivity index (χ2n) is 7.02. The van der Waals surface area contributed by atoms with Gasteiger partial charge in [0, 0.05) is 45.5 Å². The van der Waals surface area contributed by atoms with Gasteiger partial charge in [0.1, 0.15) is 0 Å². The molecule has 5 nitrogen and oxygen atoms in total. The van der Waals surface area contributed by atoms with Crippen LogP contribution < -0.4 is 4.90 Å². The predicted molar refractivity (Wildman–Crippen MR) is 92.7 cm³/mol. The first-order chi connectivity index (χ1) is 11.3. The SMILES string of the molecule is CCC1CC(CN2CCC(N(C)c3cccnn3)CC2)CCO1. The summed E-state index contributed by atoms with van der Waals surface area (Å²) < 4.78 is 5.81. The van der Waals surface area contributed by atoms with Crippen LogP contribution in [0.2, 0.25) is 0 Å². The first kappa shape index (κ1) is 16.7. The molecular weight excluding hydrogens is 288 g/mol. The lowest BCUT2D eigenvalue weighted by atomic mass is 9.92. The van der Waals surface area contributed by atoms with Crippen LogP contribution in [-0.2, 0) is 4.74 Å². The monoisotopic (exact) mass is 318 g/mol. The van der Waals surface area contributed by atoms with Crippen molar-refractivity contribution in [3.05, 3.63) is 18.3 Å². The van der Waals surface area contributed by atoms with Gasteiger partial charge in [-0.25, -0.2) is 0 Å². The Balaban J connectivity index is 1.45. The van der Waals surface area contributed by atoms with E-state index in [1.807, 2.05) is 12.1 Å². The van der Waals surface area contributed by atoms with E-state index < -0.39 is 0 Å². The van der Waals surface area contributed by atoms with Crippen molar-refractivity contribution in [2.24, 2.45) is 5.92 Å². The van der Waals surface area contributed by atoms with E-state index in [4.69, 9.17) is 4.74 Å². The maximum absolute atomic E-state index is 5.81. The summed E-state index contributed by atoms with van der Waals surface area (Å²) in [5.41, 5.74) is 0. The number of rotatable bonds is 5. The number of nitrogens with zero attached hydrogens (tertiary/aromatic N) is 4.